The van der Waals surface area contributed by atoms with Gasteiger partial charge in [0.05, 0.1) is 5.69 Å². The van der Waals surface area contributed by atoms with Crippen LogP contribution in [0.5, 0.6) is 0 Å². The Hall–Kier alpha value is -6.70. The highest BCUT2D eigenvalue weighted by Crippen LogP contribution is 2.47. The Kier molecular flexibility index (Phi) is 7.92. The van der Waals surface area contributed by atoms with Gasteiger partial charge in [-0.15, -0.1) is 0 Å². The largest absolute Gasteiger partial charge is 0.310 e. The maximum atomic E-state index is 2.38. The van der Waals surface area contributed by atoms with Gasteiger partial charge in [-0.05, 0) is 96.9 Å². The fourth-order valence-electron chi connectivity index (χ4n) is 7.52. The third-order valence-corrected chi connectivity index (χ3v) is 9.87. The number of benzene rings is 9. The Bertz CT molecular complexity index is 2610. The third kappa shape index (κ3) is 5.65. The zero-order valence-electron chi connectivity index (χ0n) is 28.2. The number of nitrogens with zero attached hydrogens (tertiary/aromatic N) is 1. The summed E-state index contributed by atoms with van der Waals surface area (Å²) < 4.78 is 0. The lowest BCUT2D eigenvalue weighted by Gasteiger charge is -2.28. The van der Waals surface area contributed by atoms with Crippen molar-refractivity contribution in [1.82, 2.24) is 0 Å². The lowest BCUT2D eigenvalue weighted by atomic mass is 9.85. The first-order valence-electron chi connectivity index (χ1n) is 17.5. The van der Waals surface area contributed by atoms with Crippen LogP contribution in [0.1, 0.15) is 0 Å². The third-order valence-electron chi connectivity index (χ3n) is 9.87. The lowest BCUT2D eigenvalue weighted by Crippen LogP contribution is -2.11. The molecule has 0 unspecified atom stereocenters. The summed E-state index contributed by atoms with van der Waals surface area (Å²) in [7, 11) is 0. The van der Waals surface area contributed by atoms with Crippen LogP contribution < -0.4 is 4.90 Å². The van der Waals surface area contributed by atoms with Crippen LogP contribution in [0.4, 0.5) is 17.1 Å². The van der Waals surface area contributed by atoms with Crippen LogP contribution in [-0.2, 0) is 0 Å². The van der Waals surface area contributed by atoms with Crippen LogP contribution in [0, 0.1) is 0 Å². The van der Waals surface area contributed by atoms with Gasteiger partial charge in [0.2, 0.25) is 0 Å². The second kappa shape index (κ2) is 13.3. The summed E-state index contributed by atoms with van der Waals surface area (Å²) in [4.78, 5) is 2.38. The Labute approximate surface area is 299 Å². The van der Waals surface area contributed by atoms with Gasteiger partial charge in [0.25, 0.3) is 0 Å². The second-order valence-corrected chi connectivity index (χ2v) is 12.9. The smallest absolute Gasteiger partial charge is 0.0540 e. The quantitative estimate of drug-likeness (QED) is 0.155. The summed E-state index contributed by atoms with van der Waals surface area (Å²) in [5, 5.41) is 5.04. The van der Waals surface area contributed by atoms with Crippen LogP contribution in [0.15, 0.2) is 212 Å². The average Bonchev–Trinajstić information content (AvgIpc) is 3.22. The zero-order valence-corrected chi connectivity index (χ0v) is 28.2. The van der Waals surface area contributed by atoms with Crippen LogP contribution >= 0.6 is 0 Å². The van der Waals surface area contributed by atoms with Gasteiger partial charge in [-0.3, -0.25) is 0 Å². The van der Waals surface area contributed by atoms with E-state index in [4.69, 9.17) is 0 Å². The van der Waals surface area contributed by atoms with E-state index in [1.54, 1.807) is 0 Å². The molecule has 0 aliphatic rings. The maximum Gasteiger partial charge on any atom is 0.0540 e. The van der Waals surface area contributed by atoms with Gasteiger partial charge in [-0.25, -0.2) is 0 Å². The molecule has 0 spiro atoms. The summed E-state index contributed by atoms with van der Waals surface area (Å²) in [6.07, 6.45) is 0. The van der Waals surface area contributed by atoms with E-state index in [0.29, 0.717) is 0 Å². The number of fused-ring (bicyclic) bond motifs is 3. The van der Waals surface area contributed by atoms with Gasteiger partial charge in [0.15, 0.2) is 0 Å². The number of hydrogen-bond donors (Lipinski definition) is 0. The zero-order chi connectivity index (χ0) is 34.0. The SMILES string of the molecule is c1ccc(-c2ccc(N(c3ccccc3)c3ccccc3-c3ccccc3-c3cccc4c3c(-c3ccccc3)cc3ccccc34)cc2)cc1. The summed E-state index contributed by atoms with van der Waals surface area (Å²) in [5.74, 6) is 0. The van der Waals surface area contributed by atoms with E-state index in [1.165, 1.54) is 66.1 Å². The molecule has 9 aromatic carbocycles. The molecule has 0 N–H and O–H groups in total. The summed E-state index contributed by atoms with van der Waals surface area (Å²) in [6.45, 7) is 0. The van der Waals surface area contributed by atoms with Crippen molar-refractivity contribution in [2.24, 2.45) is 0 Å². The van der Waals surface area contributed by atoms with E-state index in [-0.39, 0.29) is 0 Å². The number of para-hydroxylation sites is 2. The summed E-state index contributed by atoms with van der Waals surface area (Å²) in [6, 6.07) is 76.6. The molecular formula is C50H35N. The molecular weight excluding hydrogens is 615 g/mol. The molecule has 240 valence electrons. The number of anilines is 3. The minimum Gasteiger partial charge on any atom is -0.310 e. The van der Waals surface area contributed by atoms with Crippen molar-refractivity contribution >= 4 is 38.6 Å². The van der Waals surface area contributed by atoms with Crippen LogP contribution in [-0.4, -0.2) is 0 Å². The van der Waals surface area contributed by atoms with Crippen molar-refractivity contribution in [2.75, 3.05) is 4.90 Å². The van der Waals surface area contributed by atoms with E-state index in [9.17, 15) is 0 Å². The fourth-order valence-corrected chi connectivity index (χ4v) is 7.52. The van der Waals surface area contributed by atoms with Gasteiger partial charge < -0.3 is 4.90 Å². The molecule has 9 aromatic rings. The van der Waals surface area contributed by atoms with Crippen molar-refractivity contribution in [3.63, 3.8) is 0 Å². The molecule has 9 rings (SSSR count). The van der Waals surface area contributed by atoms with E-state index < -0.39 is 0 Å². The van der Waals surface area contributed by atoms with Crippen molar-refractivity contribution in [1.29, 1.82) is 0 Å². The fraction of sp³-hybridized carbons (Fsp3) is 0. The van der Waals surface area contributed by atoms with Crippen molar-refractivity contribution in [3.05, 3.63) is 212 Å². The van der Waals surface area contributed by atoms with Crippen molar-refractivity contribution < 1.29 is 0 Å². The molecule has 0 aromatic heterocycles. The van der Waals surface area contributed by atoms with E-state index >= 15 is 0 Å². The van der Waals surface area contributed by atoms with E-state index in [2.05, 4.69) is 217 Å². The van der Waals surface area contributed by atoms with Gasteiger partial charge in [0.1, 0.15) is 0 Å². The standard InChI is InChI=1S/C50H35N/c1-4-17-36(18-5-1)37-31-33-41(34-32-37)51(40-22-8-3-9-23-40)49-30-15-14-27-45(49)43-25-12-13-26-44(43)47-29-16-28-46-42-24-11-10-21-39(42)35-48(50(46)47)38-19-6-2-7-20-38/h1-35H. The Balaban J connectivity index is 1.26. The van der Waals surface area contributed by atoms with Crippen LogP contribution in [0.25, 0.3) is 66.1 Å². The number of rotatable bonds is 7. The minimum absolute atomic E-state index is 1.11. The van der Waals surface area contributed by atoms with Crippen molar-refractivity contribution in [2.45, 2.75) is 0 Å². The molecule has 0 saturated heterocycles. The average molecular weight is 650 g/mol. The van der Waals surface area contributed by atoms with Crippen molar-refractivity contribution in [3.8, 4) is 44.5 Å². The molecule has 1 nitrogen and oxygen atoms in total. The van der Waals surface area contributed by atoms with E-state index in [1.807, 2.05) is 0 Å². The number of hydrogen-bond acceptors (Lipinski definition) is 1. The van der Waals surface area contributed by atoms with Gasteiger partial charge in [-0.1, -0.05) is 176 Å². The van der Waals surface area contributed by atoms with Gasteiger partial charge in [-0.2, -0.15) is 0 Å². The molecule has 0 heterocycles. The molecule has 0 bridgehead atoms. The topological polar surface area (TPSA) is 3.24 Å². The molecule has 51 heavy (non-hydrogen) atoms. The Morgan fingerprint density at radius 1 is 0.275 bits per heavy atom. The maximum absolute atomic E-state index is 2.38. The molecule has 0 atom stereocenters. The van der Waals surface area contributed by atoms with Gasteiger partial charge >= 0.3 is 0 Å². The molecule has 0 saturated carbocycles. The highest BCUT2D eigenvalue weighted by molar-refractivity contribution is 6.19. The molecule has 1 heteroatoms. The first kappa shape index (κ1) is 30.4. The predicted octanol–water partition coefficient (Wildman–Crippen LogP) is 14.1. The molecule has 0 radical (unpaired) electrons. The predicted molar refractivity (Wildman–Crippen MR) is 218 cm³/mol. The highest BCUT2D eigenvalue weighted by atomic mass is 15.1. The first-order chi connectivity index (χ1) is 25.3. The Morgan fingerprint density at radius 2 is 0.765 bits per heavy atom. The molecule has 0 aliphatic carbocycles. The van der Waals surface area contributed by atoms with Gasteiger partial charge in [0, 0.05) is 16.9 Å². The lowest BCUT2D eigenvalue weighted by molar-refractivity contribution is 1.28. The van der Waals surface area contributed by atoms with Crippen LogP contribution in [0.3, 0.4) is 0 Å². The normalized spacial score (nSPS) is 11.1. The molecule has 0 amide bonds. The Morgan fingerprint density at radius 3 is 1.49 bits per heavy atom. The monoisotopic (exact) mass is 649 g/mol. The minimum atomic E-state index is 1.11. The van der Waals surface area contributed by atoms with E-state index in [0.717, 1.165) is 17.1 Å². The first-order valence-corrected chi connectivity index (χ1v) is 17.5. The second-order valence-electron chi connectivity index (χ2n) is 12.9. The summed E-state index contributed by atoms with van der Waals surface area (Å²) >= 11 is 0. The highest BCUT2D eigenvalue weighted by Gasteiger charge is 2.21. The molecule has 0 fully saturated rings. The molecule has 0 aliphatic heterocycles. The summed E-state index contributed by atoms with van der Waals surface area (Å²) in [5.41, 5.74) is 13.0. The van der Waals surface area contributed by atoms with Crippen LogP contribution in [0.2, 0.25) is 0 Å².